The van der Waals surface area contributed by atoms with Crippen LogP contribution < -0.4 is 5.32 Å². The number of fused-ring (bicyclic) bond motifs is 1. The van der Waals surface area contributed by atoms with Crippen molar-refractivity contribution in [2.24, 2.45) is 11.8 Å². The van der Waals surface area contributed by atoms with Crippen molar-refractivity contribution < 1.29 is 19.1 Å². The number of hydrogen-bond donors (Lipinski definition) is 2. The van der Waals surface area contributed by atoms with Crippen LogP contribution in [0.4, 0.5) is 14.9 Å². The molecule has 1 aliphatic carbocycles. The van der Waals surface area contributed by atoms with Crippen LogP contribution in [0.3, 0.4) is 0 Å². The summed E-state index contributed by atoms with van der Waals surface area (Å²) in [5.74, 6) is -1.24. The molecule has 21 heavy (non-hydrogen) atoms. The average molecular weight is 292 g/mol. The normalized spacial score (nSPS) is 27.5. The molecule has 2 N–H and O–H groups in total. The Morgan fingerprint density at radius 1 is 1.29 bits per heavy atom. The van der Waals surface area contributed by atoms with Crippen LogP contribution in [0, 0.1) is 17.7 Å². The monoisotopic (exact) mass is 292 g/mol. The van der Waals surface area contributed by atoms with Crippen LogP contribution in [0.25, 0.3) is 0 Å². The van der Waals surface area contributed by atoms with Crippen LogP contribution in [0.1, 0.15) is 19.3 Å². The van der Waals surface area contributed by atoms with E-state index in [0.717, 1.165) is 19.3 Å². The summed E-state index contributed by atoms with van der Waals surface area (Å²) >= 11 is 0. The van der Waals surface area contributed by atoms with Gasteiger partial charge in [0, 0.05) is 6.54 Å². The maximum Gasteiger partial charge on any atom is 0.326 e. The first-order valence-electron chi connectivity index (χ1n) is 7.13. The summed E-state index contributed by atoms with van der Waals surface area (Å²) in [4.78, 5) is 25.1. The molecule has 0 spiro atoms. The summed E-state index contributed by atoms with van der Waals surface area (Å²) in [6.45, 7) is 0.432. The van der Waals surface area contributed by atoms with Crippen molar-refractivity contribution in [3.05, 3.63) is 30.1 Å². The second-order valence-electron chi connectivity index (χ2n) is 5.70. The molecular weight excluding hydrogens is 275 g/mol. The molecule has 3 rings (SSSR count). The number of aliphatic carboxylic acids is 1. The van der Waals surface area contributed by atoms with Crippen molar-refractivity contribution in [1.82, 2.24) is 4.90 Å². The zero-order valence-electron chi connectivity index (χ0n) is 11.5. The number of likely N-dealkylation sites (tertiary alicyclic amines) is 1. The van der Waals surface area contributed by atoms with Gasteiger partial charge in [-0.1, -0.05) is 18.6 Å². The molecular formula is C15H17FN2O3. The number of carbonyl (C=O) groups excluding carboxylic acids is 1. The van der Waals surface area contributed by atoms with Crippen molar-refractivity contribution in [1.29, 1.82) is 0 Å². The average Bonchev–Trinajstić information content (AvgIpc) is 3.00. The van der Waals surface area contributed by atoms with Gasteiger partial charge in [0.25, 0.3) is 0 Å². The topological polar surface area (TPSA) is 69.6 Å². The molecule has 0 aromatic heterocycles. The molecule has 2 fully saturated rings. The smallest absolute Gasteiger partial charge is 0.326 e. The van der Waals surface area contributed by atoms with E-state index in [2.05, 4.69) is 5.32 Å². The van der Waals surface area contributed by atoms with Gasteiger partial charge in [-0.3, -0.25) is 0 Å². The predicted molar refractivity (Wildman–Crippen MR) is 74.4 cm³/mol. The number of hydrogen-bond acceptors (Lipinski definition) is 2. The molecule has 1 aromatic carbocycles. The van der Waals surface area contributed by atoms with Crippen LogP contribution in [0.2, 0.25) is 0 Å². The van der Waals surface area contributed by atoms with Crippen LogP contribution >= 0.6 is 0 Å². The van der Waals surface area contributed by atoms with Gasteiger partial charge in [-0.2, -0.15) is 0 Å². The lowest BCUT2D eigenvalue weighted by Crippen LogP contribution is -2.45. The Labute approximate surface area is 121 Å². The van der Waals surface area contributed by atoms with E-state index in [9.17, 15) is 19.1 Å². The van der Waals surface area contributed by atoms with Crippen LogP contribution in [-0.4, -0.2) is 34.6 Å². The van der Waals surface area contributed by atoms with E-state index in [1.807, 2.05) is 0 Å². The lowest BCUT2D eigenvalue weighted by Gasteiger charge is -2.24. The fraction of sp³-hybridized carbons (Fsp3) is 0.467. The first kappa shape index (κ1) is 13.9. The Hall–Kier alpha value is -2.11. The molecule has 5 nitrogen and oxygen atoms in total. The van der Waals surface area contributed by atoms with Crippen LogP contribution in [0.5, 0.6) is 0 Å². The molecule has 2 aliphatic rings. The zero-order valence-corrected chi connectivity index (χ0v) is 11.5. The standard InChI is InChI=1S/C15H17FN2O3/c16-11-6-1-2-7-12(11)17-15(21)18-8-9-4-3-5-10(9)13(18)14(19)20/h1-2,6-7,9-10,13H,3-5,8H2,(H,17,21)(H,19,20). The van der Waals surface area contributed by atoms with Crippen LogP contribution in [0.15, 0.2) is 24.3 Å². The second kappa shape index (κ2) is 5.35. The highest BCUT2D eigenvalue weighted by molar-refractivity contribution is 5.93. The number of rotatable bonds is 2. The molecule has 1 aromatic rings. The van der Waals surface area contributed by atoms with Gasteiger partial charge in [-0.05, 0) is 36.8 Å². The molecule has 6 heteroatoms. The highest BCUT2D eigenvalue weighted by Gasteiger charge is 2.49. The third kappa shape index (κ3) is 2.46. The quantitative estimate of drug-likeness (QED) is 0.880. The number of para-hydroxylation sites is 1. The van der Waals surface area contributed by atoms with Gasteiger partial charge in [0.15, 0.2) is 0 Å². The van der Waals surface area contributed by atoms with E-state index in [0.29, 0.717) is 6.54 Å². The molecule has 112 valence electrons. The Morgan fingerprint density at radius 3 is 2.76 bits per heavy atom. The summed E-state index contributed by atoms with van der Waals surface area (Å²) in [6.07, 6.45) is 2.81. The van der Waals surface area contributed by atoms with Gasteiger partial charge in [0.05, 0.1) is 5.69 Å². The number of carbonyl (C=O) groups is 2. The Morgan fingerprint density at radius 2 is 2.05 bits per heavy atom. The summed E-state index contributed by atoms with van der Waals surface area (Å²) in [5, 5.41) is 11.9. The van der Waals surface area contributed by atoms with Gasteiger partial charge in [0.1, 0.15) is 11.9 Å². The molecule has 1 saturated carbocycles. The summed E-state index contributed by atoms with van der Waals surface area (Å²) < 4.78 is 13.6. The Kier molecular flexibility index (Phi) is 3.53. The SMILES string of the molecule is O=C(O)C1C2CCCC2CN1C(=O)Nc1ccccc1F. The minimum Gasteiger partial charge on any atom is -0.480 e. The number of carboxylic acid groups (broad SMARTS) is 1. The minimum atomic E-state index is -0.979. The molecule has 0 bridgehead atoms. The maximum atomic E-state index is 13.6. The van der Waals surface area contributed by atoms with Crippen molar-refractivity contribution in [2.75, 3.05) is 11.9 Å². The highest BCUT2D eigenvalue weighted by atomic mass is 19.1. The number of urea groups is 1. The second-order valence-corrected chi connectivity index (χ2v) is 5.70. The van der Waals surface area contributed by atoms with Crippen molar-refractivity contribution >= 4 is 17.7 Å². The molecule has 2 amide bonds. The number of nitrogens with one attached hydrogen (secondary N) is 1. The molecule has 3 unspecified atom stereocenters. The van der Waals surface area contributed by atoms with Gasteiger partial charge in [-0.15, -0.1) is 0 Å². The number of carboxylic acids is 1. The minimum absolute atomic E-state index is 0.0221. The van der Waals surface area contributed by atoms with E-state index in [-0.39, 0.29) is 17.5 Å². The fourth-order valence-corrected chi connectivity index (χ4v) is 3.58. The lowest BCUT2D eigenvalue weighted by atomic mass is 9.94. The zero-order chi connectivity index (χ0) is 15.0. The van der Waals surface area contributed by atoms with E-state index in [1.54, 1.807) is 6.07 Å². The summed E-state index contributed by atoms with van der Waals surface area (Å²) in [5.41, 5.74) is 0.0729. The number of anilines is 1. The van der Waals surface area contributed by atoms with Gasteiger partial charge in [0.2, 0.25) is 0 Å². The first-order chi connectivity index (χ1) is 10.1. The Bertz CT molecular complexity index is 578. The van der Waals surface area contributed by atoms with E-state index < -0.39 is 23.9 Å². The van der Waals surface area contributed by atoms with Crippen LogP contribution in [-0.2, 0) is 4.79 Å². The first-order valence-corrected chi connectivity index (χ1v) is 7.13. The Balaban J connectivity index is 1.78. The van der Waals surface area contributed by atoms with E-state index in [4.69, 9.17) is 0 Å². The van der Waals surface area contributed by atoms with Gasteiger partial charge < -0.3 is 15.3 Å². The maximum absolute atomic E-state index is 13.6. The molecule has 1 aliphatic heterocycles. The number of nitrogens with zero attached hydrogens (tertiary/aromatic N) is 1. The highest BCUT2D eigenvalue weighted by Crippen LogP contribution is 2.42. The largest absolute Gasteiger partial charge is 0.480 e. The summed E-state index contributed by atoms with van der Waals surface area (Å²) in [6, 6.07) is 4.52. The van der Waals surface area contributed by atoms with Crippen molar-refractivity contribution in [3.63, 3.8) is 0 Å². The van der Waals surface area contributed by atoms with Crippen molar-refractivity contribution in [2.45, 2.75) is 25.3 Å². The summed E-state index contributed by atoms with van der Waals surface area (Å²) in [7, 11) is 0. The van der Waals surface area contributed by atoms with Crippen molar-refractivity contribution in [3.8, 4) is 0 Å². The molecule has 3 atom stereocenters. The fourth-order valence-electron chi connectivity index (χ4n) is 3.58. The predicted octanol–water partition coefficient (Wildman–Crippen LogP) is 2.54. The number of halogens is 1. The lowest BCUT2D eigenvalue weighted by molar-refractivity contribution is -0.142. The molecule has 1 heterocycles. The molecule has 0 radical (unpaired) electrons. The third-order valence-electron chi connectivity index (χ3n) is 4.52. The van der Waals surface area contributed by atoms with E-state index >= 15 is 0 Å². The van der Waals surface area contributed by atoms with Gasteiger partial charge in [-0.25, -0.2) is 14.0 Å². The molecule has 1 saturated heterocycles. The third-order valence-corrected chi connectivity index (χ3v) is 4.52. The number of benzene rings is 1. The van der Waals surface area contributed by atoms with E-state index in [1.165, 1.54) is 23.1 Å². The van der Waals surface area contributed by atoms with Gasteiger partial charge >= 0.3 is 12.0 Å². The number of amides is 2.